The van der Waals surface area contributed by atoms with E-state index in [9.17, 15) is 18.0 Å². The third kappa shape index (κ3) is 3.22. The molecule has 0 spiro atoms. The zero-order chi connectivity index (χ0) is 17.3. The number of ether oxygens (including phenoxy) is 1. The van der Waals surface area contributed by atoms with Crippen molar-refractivity contribution in [3.05, 3.63) is 59.2 Å². The predicted octanol–water partition coefficient (Wildman–Crippen LogP) is 4.85. The topological polar surface area (TPSA) is 52.3 Å². The van der Waals surface area contributed by atoms with E-state index in [0.29, 0.717) is 12.0 Å². The van der Waals surface area contributed by atoms with Gasteiger partial charge in [0.1, 0.15) is 6.10 Å². The number of fused-ring (bicyclic) bond motifs is 1. The molecule has 0 bridgehead atoms. The van der Waals surface area contributed by atoms with E-state index in [4.69, 9.17) is 10.5 Å². The second-order valence-electron chi connectivity index (χ2n) is 5.77. The Bertz CT molecular complexity index is 771. The van der Waals surface area contributed by atoms with Gasteiger partial charge in [0.2, 0.25) is 0 Å². The number of hydrogen-bond acceptors (Lipinski definition) is 2. The van der Waals surface area contributed by atoms with Gasteiger partial charge >= 0.3 is 12.3 Å². The van der Waals surface area contributed by atoms with Crippen LogP contribution < -0.4 is 5.73 Å². The van der Waals surface area contributed by atoms with Crippen molar-refractivity contribution in [2.24, 2.45) is 5.73 Å². The molecule has 0 fully saturated rings. The maximum Gasteiger partial charge on any atom is 0.417 e. The van der Waals surface area contributed by atoms with Gasteiger partial charge in [-0.3, -0.25) is 0 Å². The lowest BCUT2D eigenvalue weighted by Gasteiger charge is -2.25. The Morgan fingerprint density at radius 2 is 1.92 bits per heavy atom. The van der Waals surface area contributed by atoms with Crippen LogP contribution in [0.2, 0.25) is 0 Å². The number of amides is 1. The van der Waals surface area contributed by atoms with Crippen molar-refractivity contribution < 1.29 is 22.7 Å². The fraction of sp³-hybridized carbons (Fsp3) is 0.278. The second kappa shape index (κ2) is 6.19. The molecule has 2 N–H and O–H groups in total. The summed E-state index contributed by atoms with van der Waals surface area (Å²) in [5, 5.41) is 0. The smallest absolute Gasteiger partial charge is 0.417 e. The molecule has 1 aliphatic rings. The van der Waals surface area contributed by atoms with Crippen molar-refractivity contribution in [3.8, 4) is 11.1 Å². The summed E-state index contributed by atoms with van der Waals surface area (Å²) < 4.78 is 44.8. The van der Waals surface area contributed by atoms with Crippen LogP contribution in [-0.2, 0) is 17.3 Å². The molecule has 0 heterocycles. The maximum absolute atomic E-state index is 13.2. The summed E-state index contributed by atoms with van der Waals surface area (Å²) in [6, 6.07) is 10.6. The molecule has 24 heavy (non-hydrogen) atoms. The Balaban J connectivity index is 2.07. The van der Waals surface area contributed by atoms with Crippen LogP contribution >= 0.6 is 0 Å². The van der Waals surface area contributed by atoms with Crippen LogP contribution in [0.4, 0.5) is 18.0 Å². The number of rotatable bonds is 2. The zero-order valence-corrected chi connectivity index (χ0v) is 12.8. The van der Waals surface area contributed by atoms with Crippen molar-refractivity contribution in [2.75, 3.05) is 0 Å². The maximum atomic E-state index is 13.2. The number of carbonyl (C=O) groups excluding carboxylic acids is 1. The average molecular weight is 335 g/mol. The molecule has 1 atom stereocenters. The summed E-state index contributed by atoms with van der Waals surface area (Å²) >= 11 is 0. The number of hydrogen-bond donors (Lipinski definition) is 1. The minimum atomic E-state index is -4.43. The molecule has 3 nitrogen and oxygen atoms in total. The minimum absolute atomic E-state index is 0.108. The van der Waals surface area contributed by atoms with Gasteiger partial charge in [-0.25, -0.2) is 4.79 Å². The van der Waals surface area contributed by atoms with Crippen molar-refractivity contribution in [1.29, 1.82) is 0 Å². The summed E-state index contributed by atoms with van der Waals surface area (Å²) in [6.45, 7) is 0. The van der Waals surface area contributed by atoms with Crippen LogP contribution in [0.1, 0.15) is 35.6 Å². The van der Waals surface area contributed by atoms with Crippen molar-refractivity contribution in [3.63, 3.8) is 0 Å². The van der Waals surface area contributed by atoms with E-state index >= 15 is 0 Å². The van der Waals surface area contributed by atoms with E-state index in [-0.39, 0.29) is 5.56 Å². The largest absolute Gasteiger partial charge is 0.442 e. The van der Waals surface area contributed by atoms with Gasteiger partial charge in [0.15, 0.2) is 0 Å². The molecule has 126 valence electrons. The second-order valence-corrected chi connectivity index (χ2v) is 5.77. The number of nitrogens with two attached hydrogens (primary N) is 1. The highest BCUT2D eigenvalue weighted by molar-refractivity contribution is 5.70. The zero-order valence-electron chi connectivity index (χ0n) is 12.8. The normalized spacial score (nSPS) is 17.2. The standard InChI is InChI=1S/C18H16F3NO2/c19-18(20,21)15-6-2-1-5-13(15)12-9-8-11-4-3-7-16(14(11)10-12)24-17(22)23/h1-2,5-6,8-10,16H,3-4,7H2,(H2,22,23). The summed E-state index contributed by atoms with van der Waals surface area (Å²) in [5.74, 6) is 0. The highest BCUT2D eigenvalue weighted by Gasteiger charge is 2.33. The molecule has 1 amide bonds. The molecule has 0 radical (unpaired) electrons. The van der Waals surface area contributed by atoms with E-state index < -0.39 is 23.9 Å². The number of benzene rings is 2. The molecule has 3 rings (SSSR count). The quantitative estimate of drug-likeness (QED) is 0.853. The van der Waals surface area contributed by atoms with Gasteiger partial charge in [-0.2, -0.15) is 13.2 Å². The van der Waals surface area contributed by atoms with Gasteiger partial charge in [0, 0.05) is 0 Å². The molecule has 1 aliphatic carbocycles. The number of aryl methyl sites for hydroxylation is 1. The molecule has 2 aromatic rings. The van der Waals surface area contributed by atoms with Crippen LogP contribution in [0, 0.1) is 0 Å². The Hall–Kier alpha value is -2.50. The number of primary amides is 1. The first-order valence-electron chi connectivity index (χ1n) is 7.62. The van der Waals surface area contributed by atoms with E-state index in [1.54, 1.807) is 24.3 Å². The summed E-state index contributed by atoms with van der Waals surface area (Å²) in [7, 11) is 0. The van der Waals surface area contributed by atoms with Crippen LogP contribution in [0.5, 0.6) is 0 Å². The molecule has 0 aliphatic heterocycles. The first-order valence-corrected chi connectivity index (χ1v) is 7.62. The Kier molecular flexibility index (Phi) is 4.22. The van der Waals surface area contributed by atoms with Crippen molar-refractivity contribution in [1.82, 2.24) is 0 Å². The first kappa shape index (κ1) is 16.4. The summed E-state index contributed by atoms with van der Waals surface area (Å²) in [4.78, 5) is 11.1. The molecule has 0 saturated carbocycles. The van der Waals surface area contributed by atoms with Gasteiger partial charge in [0.25, 0.3) is 0 Å². The predicted molar refractivity (Wildman–Crippen MR) is 83.2 cm³/mol. The number of carbonyl (C=O) groups is 1. The van der Waals surface area contributed by atoms with E-state index in [1.165, 1.54) is 12.1 Å². The highest BCUT2D eigenvalue weighted by Crippen LogP contribution is 2.40. The van der Waals surface area contributed by atoms with Crippen molar-refractivity contribution >= 4 is 6.09 Å². The van der Waals surface area contributed by atoms with Crippen LogP contribution in [0.3, 0.4) is 0 Å². The van der Waals surface area contributed by atoms with Crippen LogP contribution in [0.15, 0.2) is 42.5 Å². The lowest BCUT2D eigenvalue weighted by molar-refractivity contribution is -0.137. The molecule has 0 aromatic heterocycles. The lowest BCUT2D eigenvalue weighted by atomic mass is 9.86. The molecule has 6 heteroatoms. The van der Waals surface area contributed by atoms with Crippen LogP contribution in [0.25, 0.3) is 11.1 Å². The fourth-order valence-electron chi connectivity index (χ4n) is 3.17. The molecular formula is C18H16F3NO2. The van der Waals surface area contributed by atoms with Crippen LogP contribution in [-0.4, -0.2) is 6.09 Å². The van der Waals surface area contributed by atoms with Gasteiger partial charge in [-0.1, -0.05) is 30.3 Å². The Labute approximate surface area is 137 Å². The van der Waals surface area contributed by atoms with Gasteiger partial charge in [0.05, 0.1) is 5.56 Å². The number of alkyl halides is 3. The molecule has 2 aromatic carbocycles. The molecular weight excluding hydrogens is 319 g/mol. The SMILES string of the molecule is NC(=O)OC1CCCc2ccc(-c3ccccc3C(F)(F)F)cc21. The van der Waals surface area contributed by atoms with Gasteiger partial charge < -0.3 is 10.5 Å². The highest BCUT2D eigenvalue weighted by atomic mass is 19.4. The molecule has 1 unspecified atom stereocenters. The van der Waals surface area contributed by atoms with E-state index in [2.05, 4.69) is 0 Å². The minimum Gasteiger partial charge on any atom is -0.442 e. The lowest BCUT2D eigenvalue weighted by Crippen LogP contribution is -2.20. The summed E-state index contributed by atoms with van der Waals surface area (Å²) in [5.41, 5.74) is 6.67. The molecule has 0 saturated heterocycles. The van der Waals surface area contributed by atoms with E-state index in [1.807, 2.05) is 0 Å². The Morgan fingerprint density at radius 3 is 2.62 bits per heavy atom. The number of halogens is 3. The fourth-order valence-corrected chi connectivity index (χ4v) is 3.17. The third-order valence-corrected chi connectivity index (χ3v) is 4.21. The average Bonchev–Trinajstić information content (AvgIpc) is 2.53. The summed E-state index contributed by atoms with van der Waals surface area (Å²) in [6.07, 6.45) is -3.58. The van der Waals surface area contributed by atoms with Gasteiger partial charge in [-0.15, -0.1) is 0 Å². The Morgan fingerprint density at radius 1 is 1.17 bits per heavy atom. The first-order chi connectivity index (χ1) is 11.4. The van der Waals surface area contributed by atoms with Crippen molar-refractivity contribution in [2.45, 2.75) is 31.5 Å². The monoisotopic (exact) mass is 335 g/mol. The van der Waals surface area contributed by atoms with Gasteiger partial charge in [-0.05, 0) is 53.6 Å². The van der Waals surface area contributed by atoms with E-state index in [0.717, 1.165) is 30.0 Å². The third-order valence-electron chi connectivity index (χ3n) is 4.21.